The van der Waals surface area contributed by atoms with E-state index in [1.165, 1.54) is 11.3 Å². The zero-order valence-corrected chi connectivity index (χ0v) is 18.1. The lowest BCUT2D eigenvalue weighted by atomic mass is 9.89. The van der Waals surface area contributed by atoms with Gasteiger partial charge in [-0.3, -0.25) is 9.59 Å². The van der Waals surface area contributed by atoms with E-state index in [4.69, 9.17) is 10.00 Å². The van der Waals surface area contributed by atoms with Crippen molar-refractivity contribution >= 4 is 23.2 Å². The Morgan fingerprint density at radius 2 is 2.13 bits per heavy atom. The van der Waals surface area contributed by atoms with Gasteiger partial charge in [0.15, 0.2) is 0 Å². The summed E-state index contributed by atoms with van der Waals surface area (Å²) in [5, 5.41) is 14.6. The predicted octanol–water partition coefficient (Wildman–Crippen LogP) is 2.96. The number of piperidine rings is 1. The number of aromatic nitrogens is 1. The Hall–Kier alpha value is -2.76. The number of carbonyl (C=O) groups excluding carboxylic acids is 2. The van der Waals surface area contributed by atoms with Crippen molar-refractivity contribution in [2.24, 2.45) is 5.92 Å². The molecule has 2 atom stereocenters. The van der Waals surface area contributed by atoms with Crippen LogP contribution in [0, 0.1) is 17.2 Å². The SMILES string of the molecule is CCOCC(=O)N1CCC[C@H](C(=O)NCc2nc(-c3ccc(C#N)cc3)cs2)[C@@H]1C. The van der Waals surface area contributed by atoms with E-state index in [0.29, 0.717) is 25.3 Å². The molecule has 1 aromatic heterocycles. The third-order valence-electron chi connectivity index (χ3n) is 5.35. The number of nitrogens with one attached hydrogen (secondary N) is 1. The Morgan fingerprint density at radius 1 is 1.37 bits per heavy atom. The minimum absolute atomic E-state index is 0.0495. The van der Waals surface area contributed by atoms with Crippen molar-refractivity contribution in [2.45, 2.75) is 39.3 Å². The van der Waals surface area contributed by atoms with Crippen molar-refractivity contribution in [3.63, 3.8) is 0 Å². The molecule has 0 radical (unpaired) electrons. The molecular weight excluding hydrogens is 400 g/mol. The number of nitriles is 1. The van der Waals surface area contributed by atoms with Crippen LogP contribution in [0.5, 0.6) is 0 Å². The van der Waals surface area contributed by atoms with E-state index in [1.807, 2.05) is 31.4 Å². The number of thiazole rings is 1. The molecule has 2 heterocycles. The maximum atomic E-state index is 12.8. The molecule has 0 unspecified atom stereocenters. The second-order valence-electron chi connectivity index (χ2n) is 7.25. The van der Waals surface area contributed by atoms with Gasteiger partial charge in [0.1, 0.15) is 11.6 Å². The first-order valence-electron chi connectivity index (χ1n) is 10.1. The van der Waals surface area contributed by atoms with Crippen molar-refractivity contribution < 1.29 is 14.3 Å². The van der Waals surface area contributed by atoms with Crippen LogP contribution in [0.1, 0.15) is 37.3 Å². The second kappa shape index (κ2) is 10.3. The molecule has 2 aromatic rings. The van der Waals surface area contributed by atoms with Crippen LogP contribution >= 0.6 is 11.3 Å². The van der Waals surface area contributed by atoms with Gasteiger partial charge in [0, 0.05) is 30.1 Å². The molecular formula is C22H26N4O3S. The standard InChI is InChI=1S/C22H26N4O3S/c1-3-29-13-21(27)26-10-4-5-18(15(26)2)22(28)24-12-20-25-19(14-30-20)17-8-6-16(11-23)7-9-17/h6-9,14-15,18H,3-5,10,12-13H2,1-2H3,(H,24,28)/t15-,18-/m0/s1. The topological polar surface area (TPSA) is 95.3 Å². The number of hydrogen-bond acceptors (Lipinski definition) is 6. The summed E-state index contributed by atoms with van der Waals surface area (Å²) in [7, 11) is 0. The van der Waals surface area contributed by atoms with E-state index >= 15 is 0 Å². The van der Waals surface area contributed by atoms with Crippen LogP contribution < -0.4 is 5.32 Å². The maximum Gasteiger partial charge on any atom is 0.248 e. The van der Waals surface area contributed by atoms with Crippen molar-refractivity contribution in [3.8, 4) is 17.3 Å². The highest BCUT2D eigenvalue weighted by molar-refractivity contribution is 7.09. The predicted molar refractivity (Wildman–Crippen MR) is 115 cm³/mol. The van der Waals surface area contributed by atoms with Crippen LogP contribution in [-0.4, -0.2) is 47.5 Å². The molecule has 3 rings (SSSR count). The average molecular weight is 427 g/mol. The number of carbonyl (C=O) groups is 2. The summed E-state index contributed by atoms with van der Waals surface area (Å²) in [6.45, 7) is 5.37. The molecule has 7 nitrogen and oxygen atoms in total. The van der Waals surface area contributed by atoms with E-state index in [1.54, 1.807) is 17.0 Å². The molecule has 1 aliphatic rings. The molecule has 8 heteroatoms. The normalized spacial score (nSPS) is 18.6. The monoisotopic (exact) mass is 426 g/mol. The summed E-state index contributed by atoms with van der Waals surface area (Å²) >= 11 is 1.49. The number of amides is 2. The number of benzene rings is 1. The lowest BCUT2D eigenvalue weighted by Gasteiger charge is -2.38. The Labute approximate surface area is 180 Å². The van der Waals surface area contributed by atoms with Crippen molar-refractivity contribution in [1.29, 1.82) is 5.26 Å². The van der Waals surface area contributed by atoms with Crippen LogP contribution in [0.2, 0.25) is 0 Å². The minimum Gasteiger partial charge on any atom is -0.372 e. The summed E-state index contributed by atoms with van der Waals surface area (Å²) < 4.78 is 5.24. The maximum absolute atomic E-state index is 12.8. The van der Waals surface area contributed by atoms with Gasteiger partial charge >= 0.3 is 0 Å². The van der Waals surface area contributed by atoms with Crippen molar-refractivity contribution in [2.75, 3.05) is 19.8 Å². The van der Waals surface area contributed by atoms with Gasteiger partial charge in [-0.1, -0.05) is 12.1 Å². The summed E-state index contributed by atoms with van der Waals surface area (Å²) in [4.78, 5) is 31.5. The van der Waals surface area contributed by atoms with Gasteiger partial charge in [0.05, 0.1) is 29.8 Å². The first-order chi connectivity index (χ1) is 14.5. The van der Waals surface area contributed by atoms with Crippen LogP contribution in [0.4, 0.5) is 0 Å². The van der Waals surface area contributed by atoms with Gasteiger partial charge in [-0.2, -0.15) is 5.26 Å². The van der Waals surface area contributed by atoms with Gasteiger partial charge in [-0.05, 0) is 38.8 Å². The molecule has 1 aliphatic heterocycles. The Kier molecular flexibility index (Phi) is 7.55. The highest BCUT2D eigenvalue weighted by Crippen LogP contribution is 2.25. The molecule has 1 fully saturated rings. The fraction of sp³-hybridized carbons (Fsp3) is 0.455. The summed E-state index contributed by atoms with van der Waals surface area (Å²) in [5.74, 6) is -0.345. The van der Waals surface area contributed by atoms with E-state index in [0.717, 1.165) is 29.1 Å². The number of ether oxygens (including phenoxy) is 1. The first kappa shape index (κ1) is 21.9. The number of rotatable bonds is 7. The number of likely N-dealkylation sites (tertiary alicyclic amines) is 1. The first-order valence-corrected chi connectivity index (χ1v) is 11.0. The van der Waals surface area contributed by atoms with Crippen LogP contribution in [0.25, 0.3) is 11.3 Å². The summed E-state index contributed by atoms with van der Waals surface area (Å²) in [6.07, 6.45) is 1.57. The number of nitrogens with zero attached hydrogens (tertiary/aromatic N) is 3. The van der Waals surface area contributed by atoms with E-state index in [-0.39, 0.29) is 30.4 Å². The lowest BCUT2D eigenvalue weighted by Crippen LogP contribution is -2.52. The minimum atomic E-state index is -0.234. The average Bonchev–Trinajstić information content (AvgIpc) is 3.25. The Bertz CT molecular complexity index is 919. The number of hydrogen-bond donors (Lipinski definition) is 1. The van der Waals surface area contributed by atoms with Crippen molar-refractivity contribution in [3.05, 3.63) is 40.2 Å². The fourth-order valence-corrected chi connectivity index (χ4v) is 4.39. The molecule has 0 bridgehead atoms. The van der Waals surface area contributed by atoms with E-state index in [2.05, 4.69) is 16.4 Å². The largest absolute Gasteiger partial charge is 0.372 e. The zero-order valence-electron chi connectivity index (χ0n) is 17.3. The molecule has 158 valence electrons. The molecule has 2 amide bonds. The quantitative estimate of drug-likeness (QED) is 0.734. The molecule has 1 saturated heterocycles. The fourth-order valence-electron chi connectivity index (χ4n) is 3.65. The molecule has 0 saturated carbocycles. The van der Waals surface area contributed by atoms with Gasteiger partial charge in [0.2, 0.25) is 11.8 Å². The highest BCUT2D eigenvalue weighted by Gasteiger charge is 2.35. The van der Waals surface area contributed by atoms with Crippen molar-refractivity contribution in [1.82, 2.24) is 15.2 Å². The summed E-state index contributed by atoms with van der Waals surface area (Å²) in [6, 6.07) is 9.21. The van der Waals surface area contributed by atoms with Gasteiger partial charge in [-0.25, -0.2) is 4.98 Å². The van der Waals surface area contributed by atoms with E-state index in [9.17, 15) is 9.59 Å². The van der Waals surface area contributed by atoms with E-state index < -0.39 is 0 Å². The molecule has 30 heavy (non-hydrogen) atoms. The second-order valence-corrected chi connectivity index (χ2v) is 8.19. The third-order valence-corrected chi connectivity index (χ3v) is 6.20. The smallest absolute Gasteiger partial charge is 0.248 e. The summed E-state index contributed by atoms with van der Waals surface area (Å²) in [5.41, 5.74) is 2.37. The van der Waals surface area contributed by atoms with Crippen LogP contribution in [-0.2, 0) is 20.9 Å². The van der Waals surface area contributed by atoms with Crippen LogP contribution in [0.3, 0.4) is 0 Å². The molecule has 0 aliphatic carbocycles. The Balaban J connectivity index is 1.56. The zero-order chi connectivity index (χ0) is 21.5. The van der Waals surface area contributed by atoms with Gasteiger partial charge in [-0.15, -0.1) is 11.3 Å². The molecule has 1 aromatic carbocycles. The highest BCUT2D eigenvalue weighted by atomic mass is 32.1. The lowest BCUT2D eigenvalue weighted by molar-refractivity contribution is -0.143. The van der Waals surface area contributed by atoms with Gasteiger partial charge < -0.3 is 15.0 Å². The van der Waals surface area contributed by atoms with Crippen LogP contribution in [0.15, 0.2) is 29.6 Å². The third kappa shape index (κ3) is 5.23. The van der Waals surface area contributed by atoms with Gasteiger partial charge in [0.25, 0.3) is 0 Å². The molecule has 0 spiro atoms. The molecule has 1 N–H and O–H groups in total. The Morgan fingerprint density at radius 3 is 2.83 bits per heavy atom.